The molecule has 2 bridgehead atoms. The highest BCUT2D eigenvalue weighted by Crippen LogP contribution is 2.42. The minimum atomic E-state index is -0.0566. The second kappa shape index (κ2) is 7.40. The van der Waals surface area contributed by atoms with Crippen LogP contribution in [-0.2, 0) is 7.05 Å². The van der Waals surface area contributed by atoms with Crippen LogP contribution < -0.4 is 10.6 Å². The molecule has 1 unspecified atom stereocenters. The molecule has 6 nitrogen and oxygen atoms in total. The highest BCUT2D eigenvalue weighted by Gasteiger charge is 2.41. The summed E-state index contributed by atoms with van der Waals surface area (Å²) in [5.74, 6) is 1.21. The smallest absolute Gasteiger partial charge is 0.314 e. The molecule has 2 amide bonds. The molecule has 0 aromatic carbocycles. The molecule has 7 heteroatoms. The fourth-order valence-electron chi connectivity index (χ4n) is 4.49. The Morgan fingerprint density at radius 2 is 2.31 bits per heavy atom. The number of aryl methyl sites for hydroxylation is 1. The number of rotatable bonds is 5. The molecule has 3 saturated heterocycles. The van der Waals surface area contributed by atoms with E-state index in [1.807, 2.05) is 6.92 Å². The van der Waals surface area contributed by atoms with Crippen molar-refractivity contribution in [3.8, 4) is 10.6 Å². The molecule has 2 N–H and O–H groups in total. The molecule has 2 aromatic rings. The molecular formula is C19H27N5OS. The number of nitrogens with zero attached hydrogens (tertiary/aromatic N) is 3. The molecule has 0 radical (unpaired) electrons. The number of nitrogens with one attached hydrogen (secondary N) is 2. The predicted octanol–water partition coefficient (Wildman–Crippen LogP) is 2.65. The van der Waals surface area contributed by atoms with Crippen LogP contribution in [0.5, 0.6) is 0 Å². The predicted molar refractivity (Wildman–Crippen MR) is 104 cm³/mol. The van der Waals surface area contributed by atoms with Gasteiger partial charge in [0.05, 0.1) is 4.88 Å². The van der Waals surface area contributed by atoms with Crippen LogP contribution in [0.3, 0.4) is 0 Å². The lowest BCUT2D eigenvalue weighted by Crippen LogP contribution is -2.56. The van der Waals surface area contributed by atoms with E-state index in [2.05, 4.69) is 50.8 Å². The Labute approximate surface area is 158 Å². The van der Waals surface area contributed by atoms with Gasteiger partial charge in [0.25, 0.3) is 0 Å². The molecule has 3 aliphatic heterocycles. The number of carbonyl (C=O) groups is 1. The minimum absolute atomic E-state index is 0.0566. The maximum Gasteiger partial charge on any atom is 0.314 e. The minimum Gasteiger partial charge on any atom is -0.338 e. The van der Waals surface area contributed by atoms with Crippen molar-refractivity contribution in [2.24, 2.45) is 13.0 Å². The molecule has 4 atom stereocenters. The average molecular weight is 374 g/mol. The normalized spacial score (nSPS) is 27.5. The molecule has 0 saturated carbocycles. The van der Waals surface area contributed by atoms with Crippen LogP contribution in [0.2, 0.25) is 0 Å². The van der Waals surface area contributed by atoms with Gasteiger partial charge >= 0.3 is 6.03 Å². The van der Waals surface area contributed by atoms with Gasteiger partial charge in [-0.2, -0.15) is 5.10 Å². The quantitative estimate of drug-likeness (QED) is 0.847. The fourth-order valence-corrected chi connectivity index (χ4v) is 5.17. The Bertz CT molecular complexity index is 756. The monoisotopic (exact) mass is 373 g/mol. The van der Waals surface area contributed by atoms with Crippen LogP contribution in [0.25, 0.3) is 10.6 Å². The van der Waals surface area contributed by atoms with Crippen molar-refractivity contribution in [3.05, 3.63) is 29.3 Å². The van der Waals surface area contributed by atoms with E-state index in [0.29, 0.717) is 24.4 Å². The maximum atomic E-state index is 11.7. The van der Waals surface area contributed by atoms with E-state index in [-0.39, 0.29) is 6.03 Å². The largest absolute Gasteiger partial charge is 0.338 e. The van der Waals surface area contributed by atoms with Crippen molar-refractivity contribution in [3.63, 3.8) is 0 Å². The average Bonchev–Trinajstić information content (AvgIpc) is 3.30. The second-order valence-electron chi connectivity index (χ2n) is 7.34. The zero-order chi connectivity index (χ0) is 18.1. The number of urea groups is 1. The van der Waals surface area contributed by atoms with E-state index < -0.39 is 0 Å². The third kappa shape index (κ3) is 3.38. The van der Waals surface area contributed by atoms with Gasteiger partial charge in [-0.1, -0.05) is 6.07 Å². The Balaban J connectivity index is 1.44. The molecule has 5 heterocycles. The van der Waals surface area contributed by atoms with E-state index in [1.165, 1.54) is 17.0 Å². The summed E-state index contributed by atoms with van der Waals surface area (Å²) in [6.07, 6.45) is 2.39. The number of amides is 2. The molecule has 2 aromatic heterocycles. The first-order chi connectivity index (χ1) is 12.7. The first kappa shape index (κ1) is 17.5. The highest BCUT2D eigenvalue weighted by molar-refractivity contribution is 7.13. The summed E-state index contributed by atoms with van der Waals surface area (Å²) in [4.78, 5) is 15.5. The zero-order valence-electron chi connectivity index (χ0n) is 15.4. The number of piperidine rings is 3. The molecule has 3 aliphatic rings. The summed E-state index contributed by atoms with van der Waals surface area (Å²) < 4.78 is 2.07. The van der Waals surface area contributed by atoms with Crippen molar-refractivity contribution in [2.45, 2.75) is 31.7 Å². The molecule has 5 rings (SSSR count). The number of fused-ring (bicyclic) bond motifs is 3. The molecule has 140 valence electrons. The van der Waals surface area contributed by atoms with Gasteiger partial charge in [-0.05, 0) is 49.7 Å². The zero-order valence-corrected chi connectivity index (χ0v) is 16.3. The molecule has 26 heavy (non-hydrogen) atoms. The van der Waals surface area contributed by atoms with E-state index in [4.69, 9.17) is 5.10 Å². The van der Waals surface area contributed by atoms with Gasteiger partial charge in [-0.25, -0.2) is 4.79 Å². The lowest BCUT2D eigenvalue weighted by molar-refractivity contribution is 0.0294. The van der Waals surface area contributed by atoms with Gasteiger partial charge in [-0.3, -0.25) is 9.58 Å². The van der Waals surface area contributed by atoms with Gasteiger partial charge in [0.1, 0.15) is 5.69 Å². The van der Waals surface area contributed by atoms with Gasteiger partial charge in [0, 0.05) is 44.3 Å². The van der Waals surface area contributed by atoms with Crippen LogP contribution in [0.1, 0.15) is 31.4 Å². The Morgan fingerprint density at radius 1 is 1.42 bits per heavy atom. The Morgan fingerprint density at radius 3 is 3.00 bits per heavy atom. The van der Waals surface area contributed by atoms with Gasteiger partial charge < -0.3 is 10.6 Å². The first-order valence-electron chi connectivity index (χ1n) is 9.49. The third-order valence-corrected chi connectivity index (χ3v) is 6.68. The molecule has 0 spiro atoms. The van der Waals surface area contributed by atoms with Crippen molar-refractivity contribution in [1.29, 1.82) is 0 Å². The summed E-state index contributed by atoms with van der Waals surface area (Å²) in [7, 11) is 2.07. The van der Waals surface area contributed by atoms with Crippen LogP contribution in [0.4, 0.5) is 4.79 Å². The summed E-state index contributed by atoms with van der Waals surface area (Å²) in [6.45, 7) is 5.54. The van der Waals surface area contributed by atoms with Crippen LogP contribution >= 0.6 is 11.3 Å². The first-order valence-corrected chi connectivity index (χ1v) is 10.4. The maximum absolute atomic E-state index is 11.7. The third-order valence-electron chi connectivity index (χ3n) is 5.78. The number of aromatic nitrogens is 2. The van der Waals surface area contributed by atoms with Crippen molar-refractivity contribution in [1.82, 2.24) is 25.3 Å². The van der Waals surface area contributed by atoms with Crippen LogP contribution in [0.15, 0.2) is 23.6 Å². The Kier molecular flexibility index (Phi) is 5.00. The summed E-state index contributed by atoms with van der Waals surface area (Å²) in [5, 5.41) is 12.7. The summed E-state index contributed by atoms with van der Waals surface area (Å²) in [5.41, 5.74) is 2.43. The summed E-state index contributed by atoms with van der Waals surface area (Å²) in [6, 6.07) is 6.89. The fraction of sp³-hybridized carbons (Fsp3) is 0.579. The number of carbonyl (C=O) groups excluding carboxylic acids is 1. The summed E-state index contributed by atoms with van der Waals surface area (Å²) >= 11 is 1.74. The van der Waals surface area contributed by atoms with Crippen molar-refractivity contribution in [2.75, 3.05) is 26.2 Å². The van der Waals surface area contributed by atoms with Crippen LogP contribution in [0, 0.1) is 5.92 Å². The topological polar surface area (TPSA) is 62.2 Å². The van der Waals surface area contributed by atoms with Gasteiger partial charge in [0.15, 0.2) is 0 Å². The number of hydrogen-bond donors (Lipinski definition) is 2. The van der Waals surface area contributed by atoms with Crippen LogP contribution in [-0.4, -0.2) is 52.9 Å². The number of thiophene rings is 1. The lowest BCUT2D eigenvalue weighted by Gasteiger charge is -2.49. The van der Waals surface area contributed by atoms with E-state index in [9.17, 15) is 4.79 Å². The molecular weight excluding hydrogens is 346 g/mol. The molecule has 3 fully saturated rings. The second-order valence-corrected chi connectivity index (χ2v) is 8.28. The molecule has 0 aliphatic carbocycles. The van der Waals surface area contributed by atoms with E-state index >= 15 is 0 Å². The van der Waals surface area contributed by atoms with Crippen molar-refractivity contribution >= 4 is 17.4 Å². The van der Waals surface area contributed by atoms with Gasteiger partial charge in [-0.15, -0.1) is 11.3 Å². The highest BCUT2D eigenvalue weighted by atomic mass is 32.1. The number of hydrogen-bond acceptors (Lipinski definition) is 4. The lowest BCUT2D eigenvalue weighted by atomic mass is 9.74. The van der Waals surface area contributed by atoms with E-state index in [0.717, 1.165) is 31.7 Å². The standard InChI is InChI=1S/C19H27N5OS/c1-3-20-19(25)21-11-14-9-13-6-7-24(14)12-15(13)17-10-16(22-23(17)2)18-5-4-8-26-18/h4-5,8,10,13-15H,3,6-7,9,11-12H2,1-2H3,(H2,20,21,25)/t13-,14+,15-/m0/s1. The Hall–Kier alpha value is -1.86. The van der Waals surface area contributed by atoms with E-state index in [1.54, 1.807) is 11.3 Å². The van der Waals surface area contributed by atoms with Crippen molar-refractivity contribution < 1.29 is 4.79 Å². The van der Waals surface area contributed by atoms with Gasteiger partial charge in [0.2, 0.25) is 0 Å². The SMILES string of the molecule is CCNC(=O)NC[C@H]1C[C@@H]2CCN1C[C@@H]2c1cc(-c2cccs2)nn1C.